The number of fused-ring (bicyclic) bond motifs is 1. The van der Waals surface area contributed by atoms with E-state index in [-0.39, 0.29) is 0 Å². The minimum absolute atomic E-state index is 0.640. The van der Waals surface area contributed by atoms with Gasteiger partial charge >= 0.3 is 6.18 Å². The van der Waals surface area contributed by atoms with Gasteiger partial charge in [0, 0.05) is 11.5 Å². The van der Waals surface area contributed by atoms with Gasteiger partial charge in [0.05, 0.1) is 12.1 Å². The Morgan fingerprint density at radius 1 is 1.17 bits per heavy atom. The van der Waals surface area contributed by atoms with Crippen LogP contribution in [-0.2, 0) is 19.1 Å². The van der Waals surface area contributed by atoms with Gasteiger partial charge in [0.15, 0.2) is 0 Å². The molecule has 0 atom stereocenters. The SMILES string of the molecule is FC(F)(F)c1ccc(-n2c[n+]3c(n2)CCC3)cc1. The molecule has 0 fully saturated rings. The Labute approximate surface area is 101 Å². The Kier molecular flexibility index (Phi) is 2.39. The van der Waals surface area contributed by atoms with Gasteiger partial charge in [-0.3, -0.25) is 0 Å². The molecule has 3 rings (SSSR count). The van der Waals surface area contributed by atoms with Gasteiger partial charge < -0.3 is 0 Å². The van der Waals surface area contributed by atoms with E-state index >= 15 is 0 Å². The first-order valence-corrected chi connectivity index (χ1v) is 5.70. The van der Waals surface area contributed by atoms with Gasteiger partial charge in [-0.2, -0.15) is 13.2 Å². The molecule has 0 aliphatic carbocycles. The summed E-state index contributed by atoms with van der Waals surface area (Å²) in [6.45, 7) is 0.927. The van der Waals surface area contributed by atoms with Crippen molar-refractivity contribution in [3.8, 4) is 5.69 Å². The summed E-state index contributed by atoms with van der Waals surface area (Å²) < 4.78 is 40.9. The van der Waals surface area contributed by atoms with E-state index in [2.05, 4.69) is 5.10 Å². The summed E-state index contributed by atoms with van der Waals surface area (Å²) in [5.74, 6) is 0.981. The first-order valence-electron chi connectivity index (χ1n) is 5.70. The van der Waals surface area contributed by atoms with Crippen LogP contribution in [0.2, 0.25) is 0 Å². The fourth-order valence-corrected chi connectivity index (χ4v) is 2.12. The zero-order chi connectivity index (χ0) is 12.8. The van der Waals surface area contributed by atoms with Gasteiger partial charge in [-0.1, -0.05) is 4.68 Å². The standard InChI is InChI=1S/C12H11F3N3/c13-12(14,15)9-3-5-10(6-4-9)18-8-17-7-1-2-11(17)16-18/h3-6,8H,1-2,7H2/q+1. The van der Waals surface area contributed by atoms with E-state index in [1.807, 2.05) is 10.9 Å². The van der Waals surface area contributed by atoms with Crippen LogP contribution in [0.5, 0.6) is 0 Å². The number of benzene rings is 1. The number of nitrogens with zero attached hydrogens (tertiary/aromatic N) is 3. The molecule has 0 bridgehead atoms. The lowest BCUT2D eigenvalue weighted by Gasteiger charge is -2.05. The van der Waals surface area contributed by atoms with Crippen molar-refractivity contribution in [3.05, 3.63) is 42.0 Å². The zero-order valence-electron chi connectivity index (χ0n) is 9.48. The number of halogens is 3. The maximum absolute atomic E-state index is 12.4. The molecule has 0 unspecified atom stereocenters. The van der Waals surface area contributed by atoms with Crippen LogP contribution in [0.25, 0.3) is 5.69 Å². The van der Waals surface area contributed by atoms with Gasteiger partial charge in [0.25, 0.3) is 5.82 Å². The maximum atomic E-state index is 12.4. The lowest BCUT2D eigenvalue weighted by Crippen LogP contribution is -2.29. The normalized spacial score (nSPS) is 14.8. The van der Waals surface area contributed by atoms with Crippen LogP contribution in [-0.4, -0.2) is 9.78 Å². The Bertz CT molecular complexity index is 548. The van der Waals surface area contributed by atoms with Crippen molar-refractivity contribution in [2.75, 3.05) is 0 Å². The lowest BCUT2D eigenvalue weighted by atomic mass is 10.2. The number of aryl methyl sites for hydroxylation is 2. The van der Waals surface area contributed by atoms with Gasteiger partial charge in [-0.15, -0.1) is 0 Å². The second-order valence-corrected chi connectivity index (χ2v) is 4.32. The third-order valence-corrected chi connectivity index (χ3v) is 3.06. The molecule has 94 valence electrons. The molecule has 1 aromatic carbocycles. The highest BCUT2D eigenvalue weighted by atomic mass is 19.4. The smallest absolute Gasteiger partial charge is 0.234 e. The Hall–Kier alpha value is -1.85. The van der Waals surface area contributed by atoms with Crippen LogP contribution in [0.3, 0.4) is 0 Å². The van der Waals surface area contributed by atoms with Gasteiger partial charge in [-0.05, 0) is 30.7 Å². The summed E-state index contributed by atoms with van der Waals surface area (Å²) in [6.07, 6.45) is -0.464. The number of hydrogen-bond donors (Lipinski definition) is 0. The molecule has 18 heavy (non-hydrogen) atoms. The maximum Gasteiger partial charge on any atom is 0.416 e. The van der Waals surface area contributed by atoms with Crippen molar-refractivity contribution >= 4 is 0 Å². The fourth-order valence-electron chi connectivity index (χ4n) is 2.12. The van der Waals surface area contributed by atoms with Crippen molar-refractivity contribution in [1.29, 1.82) is 0 Å². The first kappa shape index (κ1) is 11.3. The molecule has 0 spiro atoms. The number of rotatable bonds is 1. The number of alkyl halides is 3. The van der Waals surface area contributed by atoms with Crippen LogP contribution < -0.4 is 4.57 Å². The van der Waals surface area contributed by atoms with E-state index in [0.717, 1.165) is 37.3 Å². The lowest BCUT2D eigenvalue weighted by molar-refractivity contribution is -0.691. The van der Waals surface area contributed by atoms with Gasteiger partial charge in [0.1, 0.15) is 5.69 Å². The van der Waals surface area contributed by atoms with E-state index in [4.69, 9.17) is 0 Å². The summed E-state index contributed by atoms with van der Waals surface area (Å²) in [5, 5.41) is 4.35. The Balaban J connectivity index is 1.92. The van der Waals surface area contributed by atoms with Gasteiger partial charge in [-0.25, -0.2) is 4.57 Å². The second-order valence-electron chi connectivity index (χ2n) is 4.32. The molecule has 1 aliphatic heterocycles. The largest absolute Gasteiger partial charge is 0.416 e. The van der Waals surface area contributed by atoms with Crippen LogP contribution in [0.15, 0.2) is 30.6 Å². The zero-order valence-corrected chi connectivity index (χ0v) is 9.48. The van der Waals surface area contributed by atoms with Crippen molar-refractivity contribution in [1.82, 2.24) is 9.78 Å². The molecule has 0 N–H and O–H groups in total. The molecule has 0 saturated heterocycles. The average Bonchev–Trinajstić information content (AvgIpc) is 2.88. The predicted molar refractivity (Wildman–Crippen MR) is 57.1 cm³/mol. The molecule has 0 radical (unpaired) electrons. The van der Waals surface area contributed by atoms with E-state index < -0.39 is 11.7 Å². The minimum Gasteiger partial charge on any atom is -0.234 e. The van der Waals surface area contributed by atoms with Crippen molar-refractivity contribution in [2.45, 2.75) is 25.6 Å². The number of aromatic nitrogens is 3. The molecule has 0 saturated carbocycles. The van der Waals surface area contributed by atoms with E-state index in [9.17, 15) is 13.2 Å². The van der Waals surface area contributed by atoms with Crippen molar-refractivity contribution in [2.24, 2.45) is 0 Å². The van der Waals surface area contributed by atoms with Crippen molar-refractivity contribution in [3.63, 3.8) is 0 Å². The van der Waals surface area contributed by atoms with Crippen LogP contribution >= 0.6 is 0 Å². The highest BCUT2D eigenvalue weighted by Crippen LogP contribution is 2.29. The third-order valence-electron chi connectivity index (χ3n) is 3.06. The average molecular weight is 254 g/mol. The topological polar surface area (TPSA) is 21.7 Å². The van der Waals surface area contributed by atoms with E-state index in [1.54, 1.807) is 4.68 Å². The third kappa shape index (κ3) is 1.87. The summed E-state index contributed by atoms with van der Waals surface area (Å²) in [6, 6.07) is 5.02. The first-order chi connectivity index (χ1) is 8.54. The second kappa shape index (κ2) is 3.83. The van der Waals surface area contributed by atoms with Crippen LogP contribution in [0.1, 0.15) is 17.8 Å². The summed E-state index contributed by atoms with van der Waals surface area (Å²) >= 11 is 0. The molecular formula is C12H11F3N3+. The molecule has 6 heteroatoms. The van der Waals surface area contributed by atoms with E-state index in [1.165, 1.54) is 12.1 Å². The molecule has 0 amide bonds. The fraction of sp³-hybridized carbons (Fsp3) is 0.333. The van der Waals surface area contributed by atoms with Gasteiger partial charge in [0.2, 0.25) is 6.33 Å². The highest BCUT2D eigenvalue weighted by Gasteiger charge is 2.30. The Morgan fingerprint density at radius 3 is 2.50 bits per heavy atom. The highest BCUT2D eigenvalue weighted by molar-refractivity contribution is 5.34. The molecule has 3 nitrogen and oxygen atoms in total. The van der Waals surface area contributed by atoms with Crippen LogP contribution in [0.4, 0.5) is 13.2 Å². The monoisotopic (exact) mass is 254 g/mol. The summed E-state index contributed by atoms with van der Waals surface area (Å²) in [5.41, 5.74) is 0.00324. The molecule has 1 aromatic heterocycles. The molecule has 2 heterocycles. The predicted octanol–water partition coefficient (Wildman–Crippen LogP) is 2.12. The Morgan fingerprint density at radius 2 is 1.89 bits per heavy atom. The number of hydrogen-bond acceptors (Lipinski definition) is 1. The molecule has 1 aliphatic rings. The molecule has 2 aromatic rings. The van der Waals surface area contributed by atoms with E-state index in [0.29, 0.717) is 5.69 Å². The quantitative estimate of drug-likeness (QED) is 0.714. The van der Waals surface area contributed by atoms with Crippen molar-refractivity contribution < 1.29 is 17.7 Å². The molecular weight excluding hydrogens is 243 g/mol. The summed E-state index contributed by atoms with van der Waals surface area (Å²) in [7, 11) is 0. The summed E-state index contributed by atoms with van der Waals surface area (Å²) in [4.78, 5) is 0. The minimum atomic E-state index is -4.29. The van der Waals surface area contributed by atoms with Crippen LogP contribution in [0, 0.1) is 0 Å².